The molecule has 0 aliphatic heterocycles. The molecular formula is C8H6N4. The first-order valence-electron chi connectivity index (χ1n) is 3.23. The molecule has 0 radical (unpaired) electrons. The smallest absolute Gasteiger partial charge is 0.184 e. The fourth-order valence-corrected chi connectivity index (χ4v) is 0.669. The minimum absolute atomic E-state index is 0.121. The zero-order valence-electron chi connectivity index (χ0n) is 6.50. The molecule has 0 saturated heterocycles. The van der Waals surface area contributed by atoms with Gasteiger partial charge in [-0.05, 0) is 12.8 Å². The zero-order valence-corrected chi connectivity index (χ0v) is 6.50. The third-order valence-corrected chi connectivity index (χ3v) is 1.16. The van der Waals surface area contributed by atoms with E-state index < -0.39 is 0 Å². The van der Waals surface area contributed by atoms with Gasteiger partial charge in [0.05, 0.1) is 6.20 Å². The highest BCUT2D eigenvalue weighted by Gasteiger charge is 2.00. The van der Waals surface area contributed by atoms with Crippen LogP contribution in [0.15, 0.2) is 6.20 Å². The summed E-state index contributed by atoms with van der Waals surface area (Å²) in [5.41, 5.74) is 5.93. The first kappa shape index (κ1) is 8.03. The minimum Gasteiger partial charge on any atom is -0.381 e. The highest BCUT2D eigenvalue weighted by Crippen LogP contribution is 2.02. The number of anilines is 1. The fourth-order valence-electron chi connectivity index (χ4n) is 0.669. The standard InChI is InChI=1S/C8H6N4/c1-2-3-6-5-11-8(10)7(4-9)12-6/h5H,1H3,(H2,10,11). The predicted molar refractivity (Wildman–Crippen MR) is 43.7 cm³/mol. The Morgan fingerprint density at radius 1 is 1.58 bits per heavy atom. The van der Waals surface area contributed by atoms with E-state index in [9.17, 15) is 0 Å². The second kappa shape index (κ2) is 3.36. The van der Waals surface area contributed by atoms with Crippen molar-refractivity contribution < 1.29 is 0 Å². The number of nitriles is 1. The summed E-state index contributed by atoms with van der Waals surface area (Å²) in [5.74, 6) is 5.47. The van der Waals surface area contributed by atoms with Crippen molar-refractivity contribution in [3.8, 4) is 17.9 Å². The van der Waals surface area contributed by atoms with Crippen molar-refractivity contribution in [1.82, 2.24) is 9.97 Å². The number of nitrogens with two attached hydrogens (primary N) is 1. The third-order valence-electron chi connectivity index (χ3n) is 1.16. The van der Waals surface area contributed by atoms with E-state index in [1.807, 2.05) is 6.07 Å². The van der Waals surface area contributed by atoms with Gasteiger partial charge in [0.1, 0.15) is 11.8 Å². The normalized spacial score (nSPS) is 8.00. The van der Waals surface area contributed by atoms with Crippen molar-refractivity contribution in [2.24, 2.45) is 0 Å². The Kier molecular flexibility index (Phi) is 2.25. The molecule has 0 spiro atoms. The van der Waals surface area contributed by atoms with Crippen molar-refractivity contribution in [3.63, 3.8) is 0 Å². The second-order valence-corrected chi connectivity index (χ2v) is 1.98. The van der Waals surface area contributed by atoms with Gasteiger partial charge in [-0.15, -0.1) is 0 Å². The summed E-state index contributed by atoms with van der Waals surface area (Å²) in [5, 5.41) is 8.53. The van der Waals surface area contributed by atoms with Crippen LogP contribution in [0.1, 0.15) is 18.3 Å². The van der Waals surface area contributed by atoms with Gasteiger partial charge in [-0.25, -0.2) is 9.97 Å². The summed E-state index contributed by atoms with van der Waals surface area (Å²) in [6.07, 6.45) is 1.44. The molecule has 2 N–H and O–H groups in total. The van der Waals surface area contributed by atoms with Crippen LogP contribution in [0.2, 0.25) is 0 Å². The maximum absolute atomic E-state index is 8.53. The first-order valence-corrected chi connectivity index (χ1v) is 3.23. The van der Waals surface area contributed by atoms with E-state index in [1.54, 1.807) is 6.92 Å². The van der Waals surface area contributed by atoms with Gasteiger partial charge in [-0.1, -0.05) is 5.92 Å². The molecule has 0 aliphatic rings. The lowest BCUT2D eigenvalue weighted by Gasteiger charge is -1.93. The Balaban J connectivity index is 3.22. The molecule has 0 bridgehead atoms. The van der Waals surface area contributed by atoms with E-state index in [2.05, 4.69) is 21.8 Å². The number of rotatable bonds is 0. The Morgan fingerprint density at radius 3 is 2.92 bits per heavy atom. The van der Waals surface area contributed by atoms with Crippen LogP contribution in [-0.4, -0.2) is 9.97 Å². The van der Waals surface area contributed by atoms with Gasteiger partial charge < -0.3 is 5.73 Å². The summed E-state index contributed by atoms with van der Waals surface area (Å²) in [6, 6.07) is 1.83. The van der Waals surface area contributed by atoms with Gasteiger partial charge in [-0.2, -0.15) is 5.26 Å². The molecule has 1 aromatic rings. The lowest BCUT2D eigenvalue weighted by Crippen LogP contribution is -1.99. The maximum atomic E-state index is 8.53. The molecule has 0 amide bonds. The Morgan fingerprint density at radius 2 is 2.33 bits per heavy atom. The zero-order chi connectivity index (χ0) is 8.97. The van der Waals surface area contributed by atoms with Crippen LogP contribution in [0, 0.1) is 23.2 Å². The van der Waals surface area contributed by atoms with E-state index in [0.29, 0.717) is 5.69 Å². The summed E-state index contributed by atoms with van der Waals surface area (Å²) < 4.78 is 0. The SMILES string of the molecule is CC#Cc1cnc(N)c(C#N)n1. The molecule has 0 unspecified atom stereocenters. The summed E-state index contributed by atoms with van der Waals surface area (Å²) in [4.78, 5) is 7.62. The molecule has 0 aromatic carbocycles. The number of aromatic nitrogens is 2. The molecule has 12 heavy (non-hydrogen) atoms. The average Bonchev–Trinajstić information content (AvgIpc) is 2.09. The Bertz CT molecular complexity index is 392. The number of hydrogen-bond donors (Lipinski definition) is 1. The Hall–Kier alpha value is -2.07. The van der Waals surface area contributed by atoms with Crippen LogP contribution < -0.4 is 5.73 Å². The number of nitrogens with zero attached hydrogens (tertiary/aromatic N) is 3. The first-order chi connectivity index (χ1) is 5.77. The molecule has 1 heterocycles. The van der Waals surface area contributed by atoms with Crippen LogP contribution in [0.3, 0.4) is 0 Å². The monoisotopic (exact) mass is 158 g/mol. The van der Waals surface area contributed by atoms with Crippen LogP contribution in [0.25, 0.3) is 0 Å². The van der Waals surface area contributed by atoms with Gasteiger partial charge in [0.2, 0.25) is 0 Å². The summed E-state index contributed by atoms with van der Waals surface area (Å²) in [6.45, 7) is 1.68. The number of nitrogen functional groups attached to an aromatic ring is 1. The van der Waals surface area contributed by atoms with Crippen LogP contribution >= 0.6 is 0 Å². The summed E-state index contributed by atoms with van der Waals surface area (Å²) in [7, 11) is 0. The lowest BCUT2D eigenvalue weighted by atomic mass is 10.4. The molecule has 4 heteroatoms. The van der Waals surface area contributed by atoms with Gasteiger partial charge in [0.25, 0.3) is 0 Å². The van der Waals surface area contributed by atoms with Gasteiger partial charge in [-0.3, -0.25) is 0 Å². The molecule has 0 saturated carbocycles. The van der Waals surface area contributed by atoms with E-state index in [1.165, 1.54) is 6.20 Å². The molecule has 0 fully saturated rings. The van der Waals surface area contributed by atoms with Gasteiger partial charge in [0.15, 0.2) is 11.5 Å². The molecule has 1 rings (SSSR count). The maximum Gasteiger partial charge on any atom is 0.184 e. The fraction of sp³-hybridized carbons (Fsp3) is 0.125. The van der Waals surface area contributed by atoms with Gasteiger partial charge in [0, 0.05) is 0 Å². The third kappa shape index (κ3) is 1.50. The van der Waals surface area contributed by atoms with E-state index in [0.717, 1.165) is 0 Å². The quantitative estimate of drug-likeness (QED) is 0.551. The minimum atomic E-state index is 0.121. The predicted octanol–water partition coefficient (Wildman–Crippen LogP) is 0.302. The Labute approximate surface area is 70.1 Å². The average molecular weight is 158 g/mol. The topological polar surface area (TPSA) is 75.6 Å². The van der Waals surface area contributed by atoms with E-state index >= 15 is 0 Å². The van der Waals surface area contributed by atoms with Crippen LogP contribution in [0.4, 0.5) is 5.82 Å². The van der Waals surface area contributed by atoms with Crippen molar-refractivity contribution >= 4 is 5.82 Å². The lowest BCUT2D eigenvalue weighted by molar-refractivity contribution is 1.15. The van der Waals surface area contributed by atoms with Crippen LogP contribution in [0.5, 0.6) is 0 Å². The summed E-state index contributed by atoms with van der Waals surface area (Å²) >= 11 is 0. The van der Waals surface area contributed by atoms with Gasteiger partial charge >= 0.3 is 0 Å². The molecule has 58 valence electrons. The van der Waals surface area contributed by atoms with Crippen molar-refractivity contribution in [2.45, 2.75) is 6.92 Å². The van der Waals surface area contributed by atoms with Crippen LogP contribution in [-0.2, 0) is 0 Å². The van der Waals surface area contributed by atoms with Crippen molar-refractivity contribution in [3.05, 3.63) is 17.6 Å². The second-order valence-electron chi connectivity index (χ2n) is 1.98. The van der Waals surface area contributed by atoms with Crippen molar-refractivity contribution in [1.29, 1.82) is 5.26 Å². The molecule has 4 nitrogen and oxygen atoms in total. The largest absolute Gasteiger partial charge is 0.381 e. The molecular weight excluding hydrogens is 152 g/mol. The highest BCUT2D eigenvalue weighted by atomic mass is 14.9. The van der Waals surface area contributed by atoms with E-state index in [-0.39, 0.29) is 11.5 Å². The van der Waals surface area contributed by atoms with Crippen molar-refractivity contribution in [2.75, 3.05) is 5.73 Å². The number of hydrogen-bond acceptors (Lipinski definition) is 4. The molecule has 0 aliphatic carbocycles. The highest BCUT2D eigenvalue weighted by molar-refractivity contribution is 5.44. The molecule has 1 aromatic heterocycles. The molecule has 0 atom stereocenters. The van der Waals surface area contributed by atoms with E-state index in [4.69, 9.17) is 11.0 Å².